The van der Waals surface area contributed by atoms with Crippen molar-refractivity contribution in [2.45, 2.75) is 13.5 Å². The topological polar surface area (TPSA) is 46.2 Å². The van der Waals surface area contributed by atoms with Crippen molar-refractivity contribution in [3.8, 4) is 0 Å². The van der Waals surface area contributed by atoms with Crippen LogP contribution in [0.1, 0.15) is 21.5 Å². The molecule has 0 aliphatic heterocycles. The third-order valence-electron chi connectivity index (χ3n) is 2.89. The summed E-state index contributed by atoms with van der Waals surface area (Å²) in [7, 11) is 0. The summed E-state index contributed by atoms with van der Waals surface area (Å²) >= 11 is 0. The summed E-state index contributed by atoms with van der Waals surface area (Å²) in [6, 6.07) is 12.5. The van der Waals surface area contributed by atoms with Crippen LogP contribution in [0.25, 0.3) is 0 Å². The molecule has 0 radical (unpaired) electrons. The first-order chi connectivity index (χ1) is 9.56. The number of ketones is 1. The number of Topliss-reactive ketones (excluding diaryl/α,β-unsaturated/α-hetero) is 1. The van der Waals surface area contributed by atoms with Gasteiger partial charge in [-0.2, -0.15) is 0 Å². The fraction of sp³-hybridized carbons (Fsp3) is 0.125. The van der Waals surface area contributed by atoms with Gasteiger partial charge in [0.1, 0.15) is 5.82 Å². The van der Waals surface area contributed by atoms with Crippen molar-refractivity contribution in [1.82, 2.24) is 5.32 Å². The lowest BCUT2D eigenvalue weighted by atomic mass is 10.1. The summed E-state index contributed by atoms with van der Waals surface area (Å²) in [5.41, 5.74) is 2.11. The Morgan fingerprint density at radius 1 is 1.00 bits per heavy atom. The molecule has 0 saturated carbocycles. The predicted molar refractivity (Wildman–Crippen MR) is 73.8 cm³/mol. The number of carbonyl (C=O) groups is 2. The van der Waals surface area contributed by atoms with Crippen LogP contribution in [0.4, 0.5) is 4.39 Å². The molecule has 1 N–H and O–H groups in total. The van der Waals surface area contributed by atoms with E-state index in [4.69, 9.17) is 0 Å². The van der Waals surface area contributed by atoms with Gasteiger partial charge in [0.15, 0.2) is 0 Å². The van der Waals surface area contributed by atoms with E-state index in [0.717, 1.165) is 11.1 Å². The largest absolute Gasteiger partial charge is 0.345 e. The summed E-state index contributed by atoms with van der Waals surface area (Å²) in [5.74, 6) is -1.58. The number of hydrogen-bond donors (Lipinski definition) is 1. The molecule has 1 amide bonds. The minimum atomic E-state index is -0.668. The normalized spacial score (nSPS) is 10.1. The van der Waals surface area contributed by atoms with Crippen LogP contribution in [-0.2, 0) is 11.3 Å². The van der Waals surface area contributed by atoms with Crippen molar-refractivity contribution >= 4 is 11.7 Å². The average Bonchev–Trinajstić information content (AvgIpc) is 2.46. The molecule has 102 valence electrons. The number of hydrogen-bond acceptors (Lipinski definition) is 2. The average molecular weight is 271 g/mol. The molecular formula is C16H14FNO2. The lowest BCUT2D eigenvalue weighted by molar-refractivity contribution is -0.117. The van der Waals surface area contributed by atoms with Crippen LogP contribution < -0.4 is 5.32 Å². The summed E-state index contributed by atoms with van der Waals surface area (Å²) in [6.45, 7) is 2.10. The Morgan fingerprint density at radius 2 is 1.60 bits per heavy atom. The Hall–Kier alpha value is -2.49. The van der Waals surface area contributed by atoms with Gasteiger partial charge in [-0.1, -0.05) is 42.0 Å². The van der Waals surface area contributed by atoms with E-state index in [1.807, 2.05) is 6.92 Å². The predicted octanol–water partition coefficient (Wildman–Crippen LogP) is 2.63. The highest BCUT2D eigenvalue weighted by molar-refractivity contribution is 6.42. The van der Waals surface area contributed by atoms with Crippen LogP contribution in [0.15, 0.2) is 48.5 Å². The third kappa shape index (κ3) is 3.51. The van der Waals surface area contributed by atoms with E-state index in [1.54, 1.807) is 36.4 Å². The molecule has 0 atom stereocenters. The zero-order chi connectivity index (χ0) is 14.5. The highest BCUT2D eigenvalue weighted by Gasteiger charge is 2.15. The lowest BCUT2D eigenvalue weighted by Gasteiger charge is -2.05. The first-order valence-electron chi connectivity index (χ1n) is 6.20. The highest BCUT2D eigenvalue weighted by Crippen LogP contribution is 2.05. The fourth-order valence-corrected chi connectivity index (χ4v) is 1.70. The summed E-state index contributed by atoms with van der Waals surface area (Å²) in [6.07, 6.45) is 0. The first kappa shape index (κ1) is 13.9. The Bertz CT molecular complexity index is 618. The second kappa shape index (κ2) is 6.10. The van der Waals surface area contributed by atoms with Gasteiger partial charge in [-0.25, -0.2) is 4.39 Å². The number of nitrogens with one attached hydrogen (secondary N) is 1. The van der Waals surface area contributed by atoms with Crippen LogP contribution in [0.3, 0.4) is 0 Å². The number of benzene rings is 2. The number of carbonyl (C=O) groups excluding carboxylic acids is 2. The van der Waals surface area contributed by atoms with Crippen molar-refractivity contribution < 1.29 is 14.0 Å². The van der Waals surface area contributed by atoms with Crippen molar-refractivity contribution in [3.05, 3.63) is 71.0 Å². The van der Waals surface area contributed by atoms with Crippen LogP contribution in [0.5, 0.6) is 0 Å². The van der Waals surface area contributed by atoms with Gasteiger partial charge in [0, 0.05) is 12.1 Å². The van der Waals surface area contributed by atoms with Crippen LogP contribution in [-0.4, -0.2) is 11.7 Å². The molecule has 0 fully saturated rings. The number of amides is 1. The maximum Gasteiger partial charge on any atom is 0.292 e. The van der Waals surface area contributed by atoms with Crippen LogP contribution in [0.2, 0.25) is 0 Å². The molecule has 0 aliphatic rings. The van der Waals surface area contributed by atoms with Crippen molar-refractivity contribution in [3.63, 3.8) is 0 Å². The van der Waals surface area contributed by atoms with E-state index >= 15 is 0 Å². The molecule has 0 spiro atoms. The maximum atomic E-state index is 12.7. The van der Waals surface area contributed by atoms with Crippen molar-refractivity contribution in [2.75, 3.05) is 0 Å². The Kier molecular flexibility index (Phi) is 4.25. The molecule has 0 bridgehead atoms. The monoisotopic (exact) mass is 271 g/mol. The van der Waals surface area contributed by atoms with Crippen molar-refractivity contribution in [2.24, 2.45) is 0 Å². The van der Waals surface area contributed by atoms with Gasteiger partial charge < -0.3 is 5.32 Å². The summed E-state index contributed by atoms with van der Waals surface area (Å²) in [5, 5.41) is 2.52. The molecule has 0 aliphatic carbocycles. The van der Waals surface area contributed by atoms with E-state index in [9.17, 15) is 14.0 Å². The van der Waals surface area contributed by atoms with E-state index in [-0.39, 0.29) is 12.4 Å². The van der Waals surface area contributed by atoms with Gasteiger partial charge in [0.25, 0.3) is 5.91 Å². The van der Waals surface area contributed by atoms with Crippen LogP contribution >= 0.6 is 0 Å². The third-order valence-corrected chi connectivity index (χ3v) is 2.89. The highest BCUT2D eigenvalue weighted by atomic mass is 19.1. The van der Waals surface area contributed by atoms with Crippen molar-refractivity contribution in [1.29, 1.82) is 0 Å². The smallest absolute Gasteiger partial charge is 0.292 e. The van der Waals surface area contributed by atoms with Gasteiger partial charge in [-0.15, -0.1) is 0 Å². The molecule has 2 aromatic rings. The molecular weight excluding hydrogens is 257 g/mol. The summed E-state index contributed by atoms with van der Waals surface area (Å²) in [4.78, 5) is 23.6. The second-order valence-electron chi connectivity index (χ2n) is 4.50. The molecule has 0 aromatic heterocycles. The second-order valence-corrected chi connectivity index (χ2v) is 4.50. The Balaban J connectivity index is 1.96. The molecule has 0 heterocycles. The van der Waals surface area contributed by atoms with Gasteiger partial charge >= 0.3 is 0 Å². The molecule has 0 unspecified atom stereocenters. The molecule has 2 aromatic carbocycles. The Labute approximate surface area is 116 Å². The van der Waals surface area contributed by atoms with Gasteiger partial charge in [-0.05, 0) is 24.6 Å². The maximum absolute atomic E-state index is 12.7. The van der Waals surface area contributed by atoms with Gasteiger partial charge in [0.05, 0.1) is 0 Å². The lowest BCUT2D eigenvalue weighted by Crippen LogP contribution is -2.30. The zero-order valence-corrected chi connectivity index (χ0v) is 11.0. The number of rotatable bonds is 4. The minimum Gasteiger partial charge on any atom is -0.345 e. The molecule has 4 heteroatoms. The van der Waals surface area contributed by atoms with E-state index < -0.39 is 11.7 Å². The number of aryl methyl sites for hydroxylation is 1. The molecule has 3 nitrogen and oxygen atoms in total. The number of halogens is 1. The quantitative estimate of drug-likeness (QED) is 0.686. The standard InChI is InChI=1S/C16H14FNO2/c1-11-2-6-13(7-3-11)15(19)16(20)18-10-12-4-8-14(17)9-5-12/h2-9H,10H2,1H3,(H,18,20). The minimum absolute atomic E-state index is 0.191. The Morgan fingerprint density at radius 3 is 2.20 bits per heavy atom. The molecule has 2 rings (SSSR count). The summed E-state index contributed by atoms with van der Waals surface area (Å²) < 4.78 is 12.7. The van der Waals surface area contributed by atoms with E-state index in [0.29, 0.717) is 5.56 Å². The van der Waals surface area contributed by atoms with E-state index in [2.05, 4.69) is 5.32 Å². The van der Waals surface area contributed by atoms with E-state index in [1.165, 1.54) is 12.1 Å². The van der Waals surface area contributed by atoms with Gasteiger partial charge in [-0.3, -0.25) is 9.59 Å². The molecule has 20 heavy (non-hydrogen) atoms. The zero-order valence-electron chi connectivity index (χ0n) is 11.0. The van der Waals surface area contributed by atoms with Crippen LogP contribution in [0, 0.1) is 12.7 Å². The SMILES string of the molecule is Cc1ccc(C(=O)C(=O)NCc2ccc(F)cc2)cc1. The fourth-order valence-electron chi connectivity index (χ4n) is 1.70. The molecule has 0 saturated heterocycles. The van der Waals surface area contributed by atoms with Gasteiger partial charge in [0.2, 0.25) is 5.78 Å². The first-order valence-corrected chi connectivity index (χ1v) is 6.20.